The summed E-state index contributed by atoms with van der Waals surface area (Å²) in [6, 6.07) is 5.84. The van der Waals surface area contributed by atoms with Gasteiger partial charge in [0, 0.05) is 16.6 Å². The number of halogens is 1. The maximum atomic E-state index is 11.5. The summed E-state index contributed by atoms with van der Waals surface area (Å²) in [7, 11) is 0. The molecule has 0 saturated heterocycles. The van der Waals surface area contributed by atoms with E-state index in [0.717, 1.165) is 22.3 Å². The Morgan fingerprint density at radius 2 is 2.25 bits per heavy atom. The van der Waals surface area contributed by atoms with E-state index in [4.69, 9.17) is 0 Å². The zero-order chi connectivity index (χ0) is 12.0. The highest BCUT2D eigenvalue weighted by Gasteiger charge is 2.03. The van der Waals surface area contributed by atoms with Crippen molar-refractivity contribution in [3.05, 3.63) is 28.2 Å². The molecule has 0 unspecified atom stereocenters. The Kier molecular flexibility index (Phi) is 5.91. The molecule has 4 heteroatoms. The standard InChI is InChI=1S/C12H16BrNOS/c1-9-5-6-10(8-11(9)13)14-12(15)4-3-7-16-2/h5-6,8H,3-4,7H2,1-2H3,(H,14,15). The number of anilines is 1. The molecule has 88 valence electrons. The second kappa shape index (κ2) is 6.97. The fraction of sp³-hybridized carbons (Fsp3) is 0.417. The number of carbonyl (C=O) groups is 1. The van der Waals surface area contributed by atoms with E-state index in [1.54, 1.807) is 11.8 Å². The monoisotopic (exact) mass is 301 g/mol. The lowest BCUT2D eigenvalue weighted by molar-refractivity contribution is -0.116. The number of nitrogens with one attached hydrogen (secondary N) is 1. The smallest absolute Gasteiger partial charge is 0.224 e. The molecule has 0 spiro atoms. The molecule has 16 heavy (non-hydrogen) atoms. The van der Waals surface area contributed by atoms with Crippen LogP contribution in [-0.4, -0.2) is 17.9 Å². The van der Waals surface area contributed by atoms with E-state index in [2.05, 4.69) is 27.5 Å². The highest BCUT2D eigenvalue weighted by molar-refractivity contribution is 9.10. The fourth-order valence-corrected chi connectivity index (χ4v) is 2.08. The first-order valence-electron chi connectivity index (χ1n) is 5.18. The van der Waals surface area contributed by atoms with Crippen LogP contribution in [0.1, 0.15) is 18.4 Å². The van der Waals surface area contributed by atoms with Crippen LogP contribution in [0.25, 0.3) is 0 Å². The molecule has 0 aliphatic carbocycles. The van der Waals surface area contributed by atoms with Crippen LogP contribution >= 0.6 is 27.7 Å². The molecule has 0 aliphatic rings. The van der Waals surface area contributed by atoms with Gasteiger partial charge < -0.3 is 5.32 Å². The fourth-order valence-electron chi connectivity index (χ4n) is 1.27. The van der Waals surface area contributed by atoms with E-state index >= 15 is 0 Å². The van der Waals surface area contributed by atoms with Crippen molar-refractivity contribution >= 4 is 39.3 Å². The second-order valence-electron chi connectivity index (χ2n) is 3.61. The first-order valence-corrected chi connectivity index (χ1v) is 7.37. The van der Waals surface area contributed by atoms with Gasteiger partial charge in [-0.15, -0.1) is 0 Å². The third-order valence-electron chi connectivity index (χ3n) is 2.21. The van der Waals surface area contributed by atoms with Crippen molar-refractivity contribution in [3.63, 3.8) is 0 Å². The minimum absolute atomic E-state index is 0.0878. The molecule has 1 rings (SSSR count). The molecule has 0 atom stereocenters. The van der Waals surface area contributed by atoms with Crippen molar-refractivity contribution < 1.29 is 4.79 Å². The first-order chi connectivity index (χ1) is 7.63. The van der Waals surface area contributed by atoms with Crippen molar-refractivity contribution in [3.8, 4) is 0 Å². The number of benzene rings is 1. The maximum Gasteiger partial charge on any atom is 0.224 e. The van der Waals surface area contributed by atoms with Crippen molar-refractivity contribution in [1.29, 1.82) is 0 Å². The Morgan fingerprint density at radius 3 is 2.88 bits per heavy atom. The van der Waals surface area contributed by atoms with Crippen LogP contribution in [0.15, 0.2) is 22.7 Å². The molecule has 1 aromatic rings. The quantitative estimate of drug-likeness (QED) is 0.837. The Balaban J connectivity index is 2.46. The summed E-state index contributed by atoms with van der Waals surface area (Å²) in [5, 5.41) is 2.89. The van der Waals surface area contributed by atoms with Crippen LogP contribution in [0.5, 0.6) is 0 Å². The molecule has 1 N–H and O–H groups in total. The van der Waals surface area contributed by atoms with Gasteiger partial charge in [0.05, 0.1) is 0 Å². The van der Waals surface area contributed by atoms with Gasteiger partial charge in [-0.05, 0) is 43.0 Å². The van der Waals surface area contributed by atoms with Crippen LogP contribution in [0.3, 0.4) is 0 Å². The third-order valence-corrected chi connectivity index (χ3v) is 3.76. The zero-order valence-corrected chi connectivity index (χ0v) is 12.0. The van der Waals surface area contributed by atoms with E-state index in [1.165, 1.54) is 5.56 Å². The van der Waals surface area contributed by atoms with Gasteiger partial charge in [0.2, 0.25) is 5.91 Å². The number of hydrogen-bond donors (Lipinski definition) is 1. The molecule has 0 radical (unpaired) electrons. The normalized spacial score (nSPS) is 10.2. The minimum atomic E-state index is 0.0878. The molecule has 0 fully saturated rings. The van der Waals surface area contributed by atoms with Gasteiger partial charge in [-0.1, -0.05) is 22.0 Å². The Hall–Kier alpha value is -0.480. The van der Waals surface area contributed by atoms with Gasteiger partial charge in [0.15, 0.2) is 0 Å². The predicted molar refractivity (Wildman–Crippen MR) is 75.1 cm³/mol. The highest BCUT2D eigenvalue weighted by Crippen LogP contribution is 2.20. The van der Waals surface area contributed by atoms with E-state index < -0.39 is 0 Å². The van der Waals surface area contributed by atoms with Crippen LogP contribution in [0.2, 0.25) is 0 Å². The summed E-state index contributed by atoms with van der Waals surface area (Å²) in [6.45, 7) is 2.02. The lowest BCUT2D eigenvalue weighted by atomic mass is 10.2. The lowest BCUT2D eigenvalue weighted by Crippen LogP contribution is -2.11. The number of hydrogen-bond acceptors (Lipinski definition) is 2. The molecule has 2 nitrogen and oxygen atoms in total. The van der Waals surface area contributed by atoms with E-state index in [9.17, 15) is 4.79 Å². The van der Waals surface area contributed by atoms with Crippen molar-refractivity contribution in [2.24, 2.45) is 0 Å². The van der Waals surface area contributed by atoms with Gasteiger partial charge >= 0.3 is 0 Å². The maximum absolute atomic E-state index is 11.5. The van der Waals surface area contributed by atoms with Crippen LogP contribution in [0, 0.1) is 6.92 Å². The Morgan fingerprint density at radius 1 is 1.50 bits per heavy atom. The Labute approximate surface area is 109 Å². The molecule has 0 aliphatic heterocycles. The zero-order valence-electron chi connectivity index (χ0n) is 9.55. The number of amides is 1. The summed E-state index contributed by atoms with van der Waals surface area (Å²) in [5.41, 5.74) is 2.02. The van der Waals surface area contributed by atoms with E-state index in [1.807, 2.05) is 25.1 Å². The number of aryl methyl sites for hydroxylation is 1. The summed E-state index contributed by atoms with van der Waals surface area (Å²) in [4.78, 5) is 11.5. The van der Waals surface area contributed by atoms with Crippen molar-refractivity contribution in [2.75, 3.05) is 17.3 Å². The summed E-state index contributed by atoms with van der Waals surface area (Å²) < 4.78 is 1.02. The topological polar surface area (TPSA) is 29.1 Å². The molecular weight excluding hydrogens is 286 g/mol. The first kappa shape index (κ1) is 13.6. The summed E-state index contributed by atoms with van der Waals surface area (Å²) >= 11 is 5.21. The Bertz CT molecular complexity index is 368. The van der Waals surface area contributed by atoms with Crippen molar-refractivity contribution in [2.45, 2.75) is 19.8 Å². The number of rotatable bonds is 5. The third kappa shape index (κ3) is 4.58. The van der Waals surface area contributed by atoms with Gasteiger partial charge in [0.1, 0.15) is 0 Å². The molecule has 1 aromatic carbocycles. The van der Waals surface area contributed by atoms with Gasteiger partial charge in [-0.3, -0.25) is 4.79 Å². The minimum Gasteiger partial charge on any atom is -0.326 e. The predicted octanol–water partition coefficient (Wildman–Crippen LogP) is 3.84. The van der Waals surface area contributed by atoms with Crippen molar-refractivity contribution in [1.82, 2.24) is 0 Å². The van der Waals surface area contributed by atoms with Gasteiger partial charge in [0.25, 0.3) is 0 Å². The molecule has 0 aromatic heterocycles. The van der Waals surface area contributed by atoms with Gasteiger partial charge in [-0.2, -0.15) is 11.8 Å². The molecular formula is C12H16BrNOS. The number of thioether (sulfide) groups is 1. The average molecular weight is 302 g/mol. The number of carbonyl (C=O) groups excluding carboxylic acids is 1. The van der Waals surface area contributed by atoms with Crippen LogP contribution < -0.4 is 5.32 Å². The molecule has 0 saturated carbocycles. The lowest BCUT2D eigenvalue weighted by Gasteiger charge is -2.06. The molecule has 0 bridgehead atoms. The summed E-state index contributed by atoms with van der Waals surface area (Å²) in [5.74, 6) is 1.12. The van der Waals surface area contributed by atoms with Gasteiger partial charge in [-0.25, -0.2) is 0 Å². The van der Waals surface area contributed by atoms with E-state index in [0.29, 0.717) is 6.42 Å². The summed E-state index contributed by atoms with van der Waals surface area (Å²) in [6.07, 6.45) is 3.57. The van der Waals surface area contributed by atoms with Crippen LogP contribution in [-0.2, 0) is 4.79 Å². The van der Waals surface area contributed by atoms with Crippen LogP contribution in [0.4, 0.5) is 5.69 Å². The largest absolute Gasteiger partial charge is 0.326 e. The second-order valence-corrected chi connectivity index (χ2v) is 5.45. The average Bonchev–Trinajstić information content (AvgIpc) is 2.24. The SMILES string of the molecule is CSCCCC(=O)Nc1ccc(C)c(Br)c1. The van der Waals surface area contributed by atoms with E-state index in [-0.39, 0.29) is 5.91 Å². The molecule has 0 heterocycles. The molecule has 1 amide bonds. The highest BCUT2D eigenvalue weighted by atomic mass is 79.9.